The van der Waals surface area contributed by atoms with Crippen LogP contribution in [0, 0.1) is 0 Å². The van der Waals surface area contributed by atoms with Crippen LogP contribution in [0.3, 0.4) is 0 Å². The van der Waals surface area contributed by atoms with E-state index in [1.54, 1.807) is 7.11 Å². The number of ether oxygens (including phenoxy) is 1. The zero-order valence-corrected chi connectivity index (χ0v) is 17.5. The van der Waals surface area contributed by atoms with Gasteiger partial charge in [-0.2, -0.15) is 0 Å². The Hall–Kier alpha value is -2.53. The molecule has 4 rings (SSSR count). The molecule has 4 nitrogen and oxygen atoms in total. The Kier molecular flexibility index (Phi) is 5.53. The molecule has 0 saturated heterocycles. The van der Waals surface area contributed by atoms with Crippen molar-refractivity contribution in [2.75, 3.05) is 20.2 Å². The number of allylic oxidation sites excluding steroid dienone is 1. The highest BCUT2D eigenvalue weighted by molar-refractivity contribution is 9.10. The summed E-state index contributed by atoms with van der Waals surface area (Å²) in [7, 11) is 1.68. The summed E-state index contributed by atoms with van der Waals surface area (Å²) in [6, 6.07) is 15.7. The molecule has 0 unspecified atom stereocenters. The van der Waals surface area contributed by atoms with E-state index in [-0.39, 0.29) is 5.78 Å². The number of ketones is 1. The Morgan fingerprint density at radius 3 is 2.54 bits per heavy atom. The molecule has 2 aromatic rings. The van der Waals surface area contributed by atoms with E-state index in [4.69, 9.17) is 4.74 Å². The van der Waals surface area contributed by atoms with Crippen molar-refractivity contribution in [1.29, 1.82) is 0 Å². The molecule has 0 atom stereocenters. The zero-order chi connectivity index (χ0) is 19.5. The maximum atomic E-state index is 12.9. The first-order chi connectivity index (χ1) is 13.7. The lowest BCUT2D eigenvalue weighted by atomic mass is 10.1. The summed E-state index contributed by atoms with van der Waals surface area (Å²) in [4.78, 5) is 17.3. The molecule has 2 heterocycles. The first kappa shape index (κ1) is 18.8. The second-order valence-electron chi connectivity index (χ2n) is 7.01. The van der Waals surface area contributed by atoms with E-state index in [1.807, 2.05) is 36.4 Å². The summed E-state index contributed by atoms with van der Waals surface area (Å²) in [6.45, 7) is 1.30. The van der Waals surface area contributed by atoms with Crippen molar-refractivity contribution >= 4 is 27.4 Å². The molecule has 0 aromatic heterocycles. The number of benzene rings is 2. The summed E-state index contributed by atoms with van der Waals surface area (Å²) in [6.07, 6.45) is 7.72. The molecule has 0 radical (unpaired) electrons. The van der Waals surface area contributed by atoms with Gasteiger partial charge in [0, 0.05) is 22.8 Å². The van der Waals surface area contributed by atoms with Gasteiger partial charge in [0.15, 0.2) is 5.78 Å². The number of Topliss-reactive ketones (excluding diaryl/α,β-unsaturated/α-hetero) is 1. The molecular weight excluding hydrogens is 416 g/mol. The highest BCUT2D eigenvalue weighted by atomic mass is 79.9. The minimum absolute atomic E-state index is 0.116. The van der Waals surface area contributed by atoms with Crippen LogP contribution >= 0.6 is 15.9 Å². The second kappa shape index (κ2) is 8.23. The molecule has 0 bridgehead atoms. The Balaban J connectivity index is 1.62. The molecule has 2 aromatic carbocycles. The average Bonchev–Trinajstić information content (AvgIpc) is 2.89. The van der Waals surface area contributed by atoms with Crippen LogP contribution in [-0.2, 0) is 0 Å². The van der Waals surface area contributed by atoms with Crippen LogP contribution in [-0.4, -0.2) is 35.8 Å². The molecule has 2 aliphatic rings. The topological polar surface area (TPSA) is 32.8 Å². The predicted molar refractivity (Wildman–Crippen MR) is 115 cm³/mol. The first-order valence-corrected chi connectivity index (χ1v) is 10.3. The normalized spacial score (nSPS) is 16.2. The summed E-state index contributed by atoms with van der Waals surface area (Å²) in [5, 5.41) is 0. The fourth-order valence-electron chi connectivity index (χ4n) is 3.67. The number of fused-ring (bicyclic) bond motifs is 1. The van der Waals surface area contributed by atoms with E-state index >= 15 is 0 Å². The maximum Gasteiger partial charge on any atom is 0.182 e. The van der Waals surface area contributed by atoms with Gasteiger partial charge in [-0.25, -0.2) is 0 Å². The Morgan fingerprint density at radius 1 is 1.07 bits per heavy atom. The van der Waals surface area contributed by atoms with Gasteiger partial charge in [0.1, 0.15) is 11.6 Å². The van der Waals surface area contributed by atoms with Gasteiger partial charge in [-0.3, -0.25) is 4.79 Å². The Labute approximate surface area is 174 Å². The quantitative estimate of drug-likeness (QED) is 0.594. The lowest BCUT2D eigenvalue weighted by molar-refractivity contribution is 0.0962. The number of carbonyl (C=O) groups excluding carboxylic acids is 1. The fraction of sp³-hybridized carbons (Fsp3) is 0.261. The first-order valence-electron chi connectivity index (χ1n) is 9.55. The van der Waals surface area contributed by atoms with E-state index < -0.39 is 0 Å². The lowest BCUT2D eigenvalue weighted by Gasteiger charge is -2.26. The monoisotopic (exact) mass is 438 g/mol. The van der Waals surface area contributed by atoms with E-state index in [2.05, 4.69) is 50.1 Å². The van der Waals surface area contributed by atoms with Crippen LogP contribution in [0.2, 0.25) is 0 Å². The number of carbonyl (C=O) groups is 1. The van der Waals surface area contributed by atoms with Gasteiger partial charge in [-0.15, -0.1) is 0 Å². The number of hydrogen-bond donors (Lipinski definition) is 0. The number of halogens is 1. The predicted octanol–water partition coefficient (Wildman–Crippen LogP) is 5.28. The molecule has 0 spiro atoms. The molecule has 0 saturated carbocycles. The van der Waals surface area contributed by atoms with Gasteiger partial charge in [0.2, 0.25) is 0 Å². The third kappa shape index (κ3) is 3.85. The second-order valence-corrected chi connectivity index (χ2v) is 7.93. The molecule has 0 N–H and O–H groups in total. The average molecular weight is 439 g/mol. The maximum absolute atomic E-state index is 12.9. The molecule has 2 aliphatic heterocycles. The van der Waals surface area contributed by atoms with Gasteiger partial charge in [0.05, 0.1) is 19.4 Å². The van der Waals surface area contributed by atoms with Gasteiger partial charge in [-0.05, 0) is 67.3 Å². The van der Waals surface area contributed by atoms with Crippen molar-refractivity contribution in [3.8, 4) is 5.75 Å². The Bertz CT molecular complexity index is 917. The summed E-state index contributed by atoms with van der Waals surface area (Å²) in [5.41, 5.74) is 3.00. The largest absolute Gasteiger partial charge is 0.497 e. The summed E-state index contributed by atoms with van der Waals surface area (Å²) >= 11 is 3.43. The van der Waals surface area contributed by atoms with Crippen LogP contribution in [0.25, 0.3) is 5.70 Å². The number of hydrogen-bond acceptors (Lipinski definition) is 4. The summed E-state index contributed by atoms with van der Waals surface area (Å²) in [5.74, 6) is 2.08. The van der Waals surface area contributed by atoms with Crippen molar-refractivity contribution in [2.24, 2.45) is 0 Å². The van der Waals surface area contributed by atoms with Crippen LogP contribution in [0.15, 0.2) is 71.1 Å². The van der Waals surface area contributed by atoms with Gasteiger partial charge < -0.3 is 14.5 Å². The SMILES string of the molecule is COc1ccc(C2=CN(CC(=O)c3ccc(Br)cc3)C3=CCCCCN23)cc1. The number of rotatable bonds is 5. The molecule has 0 amide bonds. The van der Waals surface area contributed by atoms with Gasteiger partial charge in [0.25, 0.3) is 0 Å². The molecular formula is C23H23BrN2O2. The zero-order valence-electron chi connectivity index (χ0n) is 15.9. The highest BCUT2D eigenvalue weighted by Gasteiger charge is 2.29. The van der Waals surface area contributed by atoms with E-state index in [1.165, 1.54) is 6.42 Å². The van der Waals surface area contributed by atoms with Crippen LogP contribution in [0.5, 0.6) is 5.75 Å². The van der Waals surface area contributed by atoms with Crippen LogP contribution in [0.4, 0.5) is 0 Å². The van der Waals surface area contributed by atoms with Crippen molar-refractivity contribution in [2.45, 2.75) is 19.3 Å². The smallest absolute Gasteiger partial charge is 0.182 e. The van der Waals surface area contributed by atoms with E-state index in [9.17, 15) is 4.79 Å². The van der Waals surface area contributed by atoms with Crippen molar-refractivity contribution < 1.29 is 9.53 Å². The van der Waals surface area contributed by atoms with E-state index in [0.717, 1.165) is 52.3 Å². The molecule has 144 valence electrons. The molecule has 0 aliphatic carbocycles. The minimum atomic E-state index is 0.116. The Morgan fingerprint density at radius 2 is 1.82 bits per heavy atom. The highest BCUT2D eigenvalue weighted by Crippen LogP contribution is 2.35. The van der Waals surface area contributed by atoms with Gasteiger partial charge >= 0.3 is 0 Å². The molecule has 0 fully saturated rings. The fourth-order valence-corrected chi connectivity index (χ4v) is 3.93. The van der Waals surface area contributed by atoms with E-state index in [0.29, 0.717) is 6.54 Å². The number of nitrogens with zero attached hydrogens (tertiary/aromatic N) is 2. The molecule has 28 heavy (non-hydrogen) atoms. The summed E-state index contributed by atoms with van der Waals surface area (Å²) < 4.78 is 6.26. The van der Waals surface area contributed by atoms with Crippen molar-refractivity contribution in [3.05, 3.63) is 82.2 Å². The molecule has 5 heteroatoms. The van der Waals surface area contributed by atoms with Crippen LogP contribution in [0.1, 0.15) is 35.2 Å². The van der Waals surface area contributed by atoms with Gasteiger partial charge in [-0.1, -0.05) is 28.1 Å². The number of methoxy groups -OCH3 is 1. The third-order valence-corrected chi connectivity index (χ3v) is 5.70. The minimum Gasteiger partial charge on any atom is -0.497 e. The van der Waals surface area contributed by atoms with Crippen LogP contribution < -0.4 is 4.74 Å². The lowest BCUT2D eigenvalue weighted by Crippen LogP contribution is -2.28. The van der Waals surface area contributed by atoms with Crippen molar-refractivity contribution in [1.82, 2.24) is 9.80 Å². The standard InChI is InChI=1S/C23H23BrN2O2/c1-28-20-12-8-17(9-13-20)21-15-25(23-5-3-2-4-14-26(21)23)16-22(27)18-6-10-19(24)11-7-18/h5-13,15H,2-4,14,16H2,1H3. The van der Waals surface area contributed by atoms with Crippen molar-refractivity contribution in [3.63, 3.8) is 0 Å². The third-order valence-electron chi connectivity index (χ3n) is 5.17.